The Labute approximate surface area is 134 Å². The van der Waals surface area contributed by atoms with Crippen molar-refractivity contribution >= 4 is 28.4 Å². The van der Waals surface area contributed by atoms with Crippen molar-refractivity contribution in [3.05, 3.63) is 30.5 Å². The van der Waals surface area contributed by atoms with Crippen LogP contribution in [-0.2, 0) is 9.59 Å². The van der Waals surface area contributed by atoms with Gasteiger partial charge in [-0.25, -0.2) is 0 Å². The van der Waals surface area contributed by atoms with E-state index in [2.05, 4.69) is 15.6 Å². The van der Waals surface area contributed by atoms with Gasteiger partial charge < -0.3 is 20.7 Å². The van der Waals surface area contributed by atoms with Crippen molar-refractivity contribution in [2.45, 2.75) is 31.8 Å². The standard InChI is InChI=1S/C17H21N3O3/c21-15(11-3-1-2-4-11)10-19-16(22)17(23)20-13-5-6-14-12(9-13)7-8-18-14/h5-9,11,15,18,21H,1-4,10H2,(H,19,22)(H,20,23). The number of fused-ring (bicyclic) bond motifs is 1. The van der Waals surface area contributed by atoms with Crippen LogP contribution in [0.5, 0.6) is 0 Å². The van der Waals surface area contributed by atoms with Crippen LogP contribution in [0, 0.1) is 5.92 Å². The van der Waals surface area contributed by atoms with Crippen LogP contribution >= 0.6 is 0 Å². The highest BCUT2D eigenvalue weighted by atomic mass is 16.3. The molecule has 1 unspecified atom stereocenters. The Morgan fingerprint density at radius 1 is 1.22 bits per heavy atom. The van der Waals surface area contributed by atoms with Crippen molar-refractivity contribution in [3.63, 3.8) is 0 Å². The van der Waals surface area contributed by atoms with Gasteiger partial charge in [-0.3, -0.25) is 9.59 Å². The first-order valence-corrected chi connectivity index (χ1v) is 7.98. The fraction of sp³-hybridized carbons (Fsp3) is 0.412. The Balaban J connectivity index is 1.51. The maximum atomic E-state index is 11.9. The van der Waals surface area contributed by atoms with Crippen molar-refractivity contribution < 1.29 is 14.7 Å². The average molecular weight is 315 g/mol. The van der Waals surface area contributed by atoms with E-state index in [9.17, 15) is 14.7 Å². The Bertz CT molecular complexity index is 704. The molecule has 0 radical (unpaired) electrons. The molecule has 4 N–H and O–H groups in total. The molecule has 1 saturated carbocycles. The maximum absolute atomic E-state index is 11.9. The van der Waals surface area contributed by atoms with Gasteiger partial charge in [0.05, 0.1) is 6.10 Å². The molecule has 0 saturated heterocycles. The zero-order valence-electron chi connectivity index (χ0n) is 12.8. The minimum Gasteiger partial charge on any atom is -0.391 e. The van der Waals surface area contributed by atoms with Crippen LogP contribution in [0.2, 0.25) is 0 Å². The molecule has 0 spiro atoms. The lowest BCUT2D eigenvalue weighted by Crippen LogP contribution is -2.41. The Morgan fingerprint density at radius 2 is 2.00 bits per heavy atom. The molecule has 3 rings (SSSR count). The van der Waals surface area contributed by atoms with E-state index in [-0.39, 0.29) is 12.5 Å². The summed E-state index contributed by atoms with van der Waals surface area (Å²) in [4.78, 5) is 26.8. The summed E-state index contributed by atoms with van der Waals surface area (Å²) in [6.45, 7) is 0.119. The number of aliphatic hydroxyl groups is 1. The number of carbonyl (C=O) groups is 2. The second-order valence-electron chi connectivity index (χ2n) is 6.06. The maximum Gasteiger partial charge on any atom is 0.313 e. The predicted molar refractivity (Wildman–Crippen MR) is 87.9 cm³/mol. The van der Waals surface area contributed by atoms with Gasteiger partial charge in [0.15, 0.2) is 0 Å². The number of benzene rings is 1. The van der Waals surface area contributed by atoms with Crippen LogP contribution in [0.4, 0.5) is 5.69 Å². The van der Waals surface area contributed by atoms with Crippen molar-refractivity contribution in [1.82, 2.24) is 10.3 Å². The van der Waals surface area contributed by atoms with Crippen LogP contribution in [0.3, 0.4) is 0 Å². The summed E-state index contributed by atoms with van der Waals surface area (Å²) in [5, 5.41) is 16.0. The van der Waals surface area contributed by atoms with Gasteiger partial charge in [0, 0.05) is 29.3 Å². The lowest BCUT2D eigenvalue weighted by molar-refractivity contribution is -0.136. The predicted octanol–water partition coefficient (Wildman–Crippen LogP) is 1.77. The number of nitrogens with one attached hydrogen (secondary N) is 3. The molecule has 6 nitrogen and oxygen atoms in total. The molecule has 1 aromatic heterocycles. The molecular formula is C17H21N3O3. The van der Waals surface area contributed by atoms with Gasteiger partial charge in [0.1, 0.15) is 0 Å². The average Bonchev–Trinajstić information content (AvgIpc) is 3.22. The number of carbonyl (C=O) groups excluding carboxylic acids is 2. The molecule has 1 atom stereocenters. The summed E-state index contributed by atoms with van der Waals surface area (Å²) in [5.41, 5.74) is 1.53. The van der Waals surface area contributed by atoms with Crippen molar-refractivity contribution in [2.75, 3.05) is 11.9 Å². The molecular weight excluding hydrogens is 294 g/mol. The van der Waals surface area contributed by atoms with E-state index >= 15 is 0 Å². The third-order valence-corrected chi connectivity index (χ3v) is 4.43. The van der Waals surface area contributed by atoms with Crippen LogP contribution in [0.15, 0.2) is 30.5 Å². The number of anilines is 1. The number of rotatable bonds is 4. The van der Waals surface area contributed by atoms with E-state index in [4.69, 9.17) is 0 Å². The SMILES string of the molecule is O=C(NCC(O)C1CCCC1)C(=O)Nc1ccc2[nH]ccc2c1. The topological polar surface area (TPSA) is 94.2 Å². The highest BCUT2D eigenvalue weighted by Crippen LogP contribution is 2.27. The number of H-pyrrole nitrogens is 1. The molecule has 1 aromatic carbocycles. The Morgan fingerprint density at radius 3 is 2.78 bits per heavy atom. The van der Waals surface area contributed by atoms with Crippen LogP contribution in [-0.4, -0.2) is 34.6 Å². The summed E-state index contributed by atoms with van der Waals surface area (Å²) in [6, 6.07) is 7.26. The lowest BCUT2D eigenvalue weighted by atomic mass is 10.0. The van der Waals surface area contributed by atoms with E-state index < -0.39 is 17.9 Å². The van der Waals surface area contributed by atoms with Crippen LogP contribution in [0.1, 0.15) is 25.7 Å². The zero-order valence-corrected chi connectivity index (χ0v) is 12.8. The summed E-state index contributed by atoms with van der Waals surface area (Å²) in [7, 11) is 0. The van der Waals surface area contributed by atoms with E-state index in [0.717, 1.165) is 36.6 Å². The molecule has 1 aliphatic rings. The number of amides is 2. The van der Waals surface area contributed by atoms with Crippen LogP contribution < -0.4 is 10.6 Å². The van der Waals surface area contributed by atoms with Crippen molar-refractivity contribution in [2.24, 2.45) is 5.92 Å². The number of aromatic nitrogens is 1. The summed E-state index contributed by atoms with van der Waals surface area (Å²) < 4.78 is 0. The summed E-state index contributed by atoms with van der Waals surface area (Å²) in [5.74, 6) is -1.22. The van der Waals surface area contributed by atoms with Gasteiger partial charge in [0.2, 0.25) is 0 Å². The normalized spacial score (nSPS) is 16.4. The Kier molecular flexibility index (Phi) is 4.62. The van der Waals surface area contributed by atoms with Crippen molar-refractivity contribution in [1.29, 1.82) is 0 Å². The smallest absolute Gasteiger partial charge is 0.313 e. The summed E-state index contributed by atoms with van der Waals surface area (Å²) in [6.07, 6.45) is 5.45. The molecule has 6 heteroatoms. The van der Waals surface area contributed by atoms with Gasteiger partial charge >= 0.3 is 11.8 Å². The van der Waals surface area contributed by atoms with E-state index in [0.29, 0.717) is 5.69 Å². The van der Waals surface area contributed by atoms with Crippen molar-refractivity contribution in [3.8, 4) is 0 Å². The van der Waals surface area contributed by atoms with Crippen LogP contribution in [0.25, 0.3) is 10.9 Å². The molecule has 1 aliphatic carbocycles. The fourth-order valence-electron chi connectivity index (χ4n) is 3.11. The second kappa shape index (κ2) is 6.83. The third-order valence-electron chi connectivity index (χ3n) is 4.43. The quantitative estimate of drug-likeness (QED) is 0.648. The monoisotopic (exact) mass is 315 g/mol. The van der Waals surface area contributed by atoms with Gasteiger partial charge in [0.25, 0.3) is 0 Å². The number of aliphatic hydroxyl groups excluding tert-OH is 1. The van der Waals surface area contributed by atoms with E-state index in [1.165, 1.54) is 0 Å². The largest absolute Gasteiger partial charge is 0.391 e. The first-order valence-electron chi connectivity index (χ1n) is 7.98. The third kappa shape index (κ3) is 3.71. The van der Waals surface area contributed by atoms with E-state index in [1.54, 1.807) is 12.1 Å². The number of hydrogen-bond donors (Lipinski definition) is 4. The molecule has 2 aromatic rings. The zero-order chi connectivity index (χ0) is 16.2. The van der Waals surface area contributed by atoms with Gasteiger partial charge in [-0.1, -0.05) is 12.8 Å². The summed E-state index contributed by atoms with van der Waals surface area (Å²) >= 11 is 0. The van der Waals surface area contributed by atoms with Gasteiger partial charge in [-0.2, -0.15) is 0 Å². The van der Waals surface area contributed by atoms with Gasteiger partial charge in [-0.05, 0) is 43.0 Å². The lowest BCUT2D eigenvalue weighted by Gasteiger charge is -2.17. The van der Waals surface area contributed by atoms with E-state index in [1.807, 2.05) is 18.3 Å². The fourth-order valence-corrected chi connectivity index (χ4v) is 3.11. The molecule has 2 amide bonds. The number of aromatic amines is 1. The minimum absolute atomic E-state index is 0.119. The molecule has 23 heavy (non-hydrogen) atoms. The molecule has 0 bridgehead atoms. The molecule has 1 fully saturated rings. The first-order chi connectivity index (χ1) is 11.1. The highest BCUT2D eigenvalue weighted by molar-refractivity contribution is 6.39. The molecule has 0 aliphatic heterocycles. The first kappa shape index (κ1) is 15.6. The molecule has 1 heterocycles. The minimum atomic E-state index is -0.726. The van der Waals surface area contributed by atoms with Gasteiger partial charge in [-0.15, -0.1) is 0 Å². The second-order valence-corrected chi connectivity index (χ2v) is 6.06. The Hall–Kier alpha value is -2.34. The highest BCUT2D eigenvalue weighted by Gasteiger charge is 2.24. The molecule has 122 valence electrons. The number of hydrogen-bond acceptors (Lipinski definition) is 3.